The third-order valence-corrected chi connectivity index (χ3v) is 9.31. The minimum Gasteiger partial charge on any atom is -0.398 e. The maximum atomic E-state index is 6.39. The van der Waals surface area contributed by atoms with Crippen molar-refractivity contribution in [2.75, 3.05) is 11.1 Å². The standard InChI is InChI=1S/C27H26N2.C22H29N.2C2H6/c1-2-3-11-21(15-14-20-9-5-4-6-10-20)22-16-18-23(19-17-22)26-24-12-7-8-13-25(24)29-27(26)28;1-7-11-18(10-4)20(13-9-3)17(6)22-19(12-8-2)16(5)14-15-21(22)23;2*1-2/h2-19,21,26-27,29H,1,28H2;8-10,12-15H,4,6-7,11,23H2,1-3,5H3;2*1-2H3/b11-3-,15-14?;12-8-,13-9-,20-18-;;. The van der Waals surface area contributed by atoms with Crippen LogP contribution in [0.5, 0.6) is 0 Å². The molecule has 56 heavy (non-hydrogen) atoms. The molecule has 3 nitrogen and oxygen atoms in total. The van der Waals surface area contributed by atoms with E-state index in [2.05, 4.69) is 142 Å². The van der Waals surface area contributed by atoms with Crippen LogP contribution in [-0.2, 0) is 0 Å². The first-order valence-corrected chi connectivity index (χ1v) is 20.2. The Morgan fingerprint density at radius 1 is 0.821 bits per heavy atom. The number of benzene rings is 4. The summed E-state index contributed by atoms with van der Waals surface area (Å²) in [6, 6.07) is 31.6. The molecule has 1 aliphatic rings. The summed E-state index contributed by atoms with van der Waals surface area (Å²) in [6.45, 7) is 28.5. The predicted molar refractivity (Wildman–Crippen MR) is 253 cm³/mol. The Hall–Kier alpha value is -5.64. The molecule has 0 bridgehead atoms. The summed E-state index contributed by atoms with van der Waals surface area (Å²) in [6.07, 6.45) is 22.5. The first-order valence-electron chi connectivity index (χ1n) is 20.2. The molecule has 3 heteroatoms. The number of nitrogen functional groups attached to an aromatic ring is 1. The molecule has 1 aliphatic heterocycles. The van der Waals surface area contributed by atoms with E-state index in [4.69, 9.17) is 11.5 Å². The van der Waals surface area contributed by atoms with Crippen LogP contribution in [0.25, 0.3) is 17.7 Å². The van der Waals surface area contributed by atoms with Crippen molar-refractivity contribution < 1.29 is 0 Å². The molecular weight excluding hydrogens is 679 g/mol. The Labute approximate surface area is 340 Å². The molecule has 4 aromatic carbocycles. The van der Waals surface area contributed by atoms with Gasteiger partial charge in [0.05, 0.1) is 6.17 Å². The van der Waals surface area contributed by atoms with Gasteiger partial charge in [0.25, 0.3) is 0 Å². The molecule has 0 aromatic heterocycles. The van der Waals surface area contributed by atoms with Gasteiger partial charge in [-0.15, -0.1) is 0 Å². The Balaban J connectivity index is 0.000000365. The fraction of sp³-hybridized carbons (Fsp3) is 0.245. The predicted octanol–water partition coefficient (Wildman–Crippen LogP) is 14.6. The van der Waals surface area contributed by atoms with Crippen molar-refractivity contribution in [3.8, 4) is 0 Å². The molecule has 0 saturated heterocycles. The molecule has 3 atom stereocenters. The van der Waals surface area contributed by atoms with E-state index >= 15 is 0 Å². The summed E-state index contributed by atoms with van der Waals surface area (Å²) in [7, 11) is 0. The Morgan fingerprint density at radius 3 is 2.09 bits per heavy atom. The molecule has 0 spiro atoms. The maximum absolute atomic E-state index is 6.39. The number of hydrogen-bond donors (Lipinski definition) is 3. The largest absolute Gasteiger partial charge is 0.398 e. The number of aryl methyl sites for hydroxylation is 1. The van der Waals surface area contributed by atoms with Gasteiger partial charge in [0.2, 0.25) is 0 Å². The number of rotatable bonds is 13. The third-order valence-electron chi connectivity index (χ3n) is 9.31. The molecule has 0 amide bonds. The van der Waals surface area contributed by atoms with Gasteiger partial charge in [-0.1, -0.05) is 200 Å². The van der Waals surface area contributed by atoms with Crippen LogP contribution in [-0.4, -0.2) is 6.17 Å². The fourth-order valence-corrected chi connectivity index (χ4v) is 6.71. The van der Waals surface area contributed by atoms with Gasteiger partial charge in [-0.25, -0.2) is 0 Å². The van der Waals surface area contributed by atoms with E-state index in [0.717, 1.165) is 46.5 Å². The number of para-hydroxylation sites is 1. The highest BCUT2D eigenvalue weighted by molar-refractivity contribution is 5.91. The van der Waals surface area contributed by atoms with E-state index in [0.29, 0.717) is 0 Å². The average molecular weight is 746 g/mol. The normalized spacial score (nSPS) is 15.4. The maximum Gasteiger partial charge on any atom is 0.0855 e. The van der Waals surface area contributed by atoms with Gasteiger partial charge in [0.15, 0.2) is 0 Å². The molecule has 5 N–H and O–H groups in total. The van der Waals surface area contributed by atoms with Gasteiger partial charge in [0, 0.05) is 28.8 Å². The highest BCUT2D eigenvalue weighted by atomic mass is 15.1. The first kappa shape index (κ1) is 46.5. The van der Waals surface area contributed by atoms with Gasteiger partial charge < -0.3 is 16.8 Å². The van der Waals surface area contributed by atoms with E-state index in [9.17, 15) is 0 Å². The summed E-state index contributed by atoms with van der Waals surface area (Å²) in [5.41, 5.74) is 26.2. The second-order valence-electron chi connectivity index (χ2n) is 12.9. The number of allylic oxidation sites excluding steroid dienone is 11. The van der Waals surface area contributed by atoms with E-state index < -0.39 is 0 Å². The molecule has 4 aromatic rings. The lowest BCUT2D eigenvalue weighted by atomic mass is 9.87. The summed E-state index contributed by atoms with van der Waals surface area (Å²) in [5, 5.41) is 3.39. The number of anilines is 2. The van der Waals surface area contributed by atoms with Gasteiger partial charge in [-0.05, 0) is 89.4 Å². The second-order valence-corrected chi connectivity index (χ2v) is 12.9. The highest BCUT2D eigenvalue weighted by Crippen LogP contribution is 2.39. The lowest BCUT2D eigenvalue weighted by Crippen LogP contribution is -2.31. The SMILES string of the molecule is C=C/C(CCC)=C(\C=C/C)C(=C)c1c(N)ccc(C)c1/C=C\C.C=C/C=C\C(C=Cc1ccccc1)c1ccc(C2c3ccccc3NC2N)cc1.CC.CC. The molecule has 5 rings (SSSR count). The van der Waals surface area contributed by atoms with Crippen LogP contribution in [0, 0.1) is 6.92 Å². The molecule has 0 saturated carbocycles. The zero-order valence-corrected chi connectivity index (χ0v) is 35.4. The zero-order chi connectivity index (χ0) is 41.5. The average Bonchev–Trinajstić information content (AvgIpc) is 3.58. The zero-order valence-electron chi connectivity index (χ0n) is 35.4. The Kier molecular flexibility index (Phi) is 21.1. The van der Waals surface area contributed by atoms with Gasteiger partial charge in [0.1, 0.15) is 0 Å². The van der Waals surface area contributed by atoms with Crippen LogP contribution in [0.1, 0.15) is 112 Å². The minimum absolute atomic E-state index is 0.104. The van der Waals surface area contributed by atoms with Crippen molar-refractivity contribution in [2.45, 2.75) is 86.2 Å². The molecular formula is C53H67N3. The second kappa shape index (κ2) is 25.4. The van der Waals surface area contributed by atoms with Crippen LogP contribution < -0.4 is 16.8 Å². The summed E-state index contributed by atoms with van der Waals surface area (Å²) in [5.74, 6) is 0.354. The van der Waals surface area contributed by atoms with Crippen LogP contribution in [0.3, 0.4) is 0 Å². The van der Waals surface area contributed by atoms with Crippen molar-refractivity contribution in [2.24, 2.45) is 5.73 Å². The number of hydrogen-bond acceptors (Lipinski definition) is 3. The van der Waals surface area contributed by atoms with Crippen LogP contribution in [0.4, 0.5) is 11.4 Å². The number of nitrogens with one attached hydrogen (secondary N) is 1. The van der Waals surface area contributed by atoms with Crippen molar-refractivity contribution in [1.29, 1.82) is 0 Å². The number of nitrogens with two attached hydrogens (primary N) is 2. The molecule has 0 radical (unpaired) electrons. The Bertz CT molecular complexity index is 1970. The fourth-order valence-electron chi connectivity index (χ4n) is 6.71. The monoisotopic (exact) mass is 746 g/mol. The summed E-state index contributed by atoms with van der Waals surface area (Å²) in [4.78, 5) is 0. The molecule has 1 heterocycles. The van der Waals surface area contributed by atoms with Crippen LogP contribution >= 0.6 is 0 Å². The topological polar surface area (TPSA) is 64.1 Å². The van der Waals surface area contributed by atoms with Gasteiger partial charge in [-0.2, -0.15) is 0 Å². The molecule has 294 valence electrons. The first-order chi connectivity index (χ1) is 27.3. The van der Waals surface area contributed by atoms with E-state index in [1.807, 2.05) is 90.1 Å². The summed E-state index contributed by atoms with van der Waals surface area (Å²) >= 11 is 0. The smallest absolute Gasteiger partial charge is 0.0855 e. The van der Waals surface area contributed by atoms with Crippen molar-refractivity contribution >= 4 is 29.1 Å². The lowest BCUT2D eigenvalue weighted by molar-refractivity contribution is 0.697. The highest BCUT2D eigenvalue weighted by Gasteiger charge is 2.30. The van der Waals surface area contributed by atoms with Crippen molar-refractivity contribution in [3.05, 3.63) is 209 Å². The van der Waals surface area contributed by atoms with E-state index in [-0.39, 0.29) is 18.0 Å². The molecule has 0 fully saturated rings. The van der Waals surface area contributed by atoms with Crippen LogP contribution in [0.15, 0.2) is 170 Å². The van der Waals surface area contributed by atoms with Gasteiger partial charge in [-0.3, -0.25) is 0 Å². The van der Waals surface area contributed by atoms with E-state index in [1.54, 1.807) is 0 Å². The quantitative estimate of drug-likeness (QED) is 0.0943. The molecule has 0 aliphatic carbocycles. The third kappa shape index (κ3) is 12.7. The Morgan fingerprint density at radius 2 is 1.48 bits per heavy atom. The summed E-state index contributed by atoms with van der Waals surface area (Å²) < 4.78 is 0. The number of fused-ring (bicyclic) bond motifs is 1. The minimum atomic E-state index is -0.104. The van der Waals surface area contributed by atoms with E-state index in [1.165, 1.54) is 33.4 Å². The lowest BCUT2D eigenvalue weighted by Gasteiger charge is -2.18. The van der Waals surface area contributed by atoms with Gasteiger partial charge >= 0.3 is 0 Å². The van der Waals surface area contributed by atoms with Crippen molar-refractivity contribution in [1.82, 2.24) is 0 Å². The van der Waals surface area contributed by atoms with Crippen molar-refractivity contribution in [3.63, 3.8) is 0 Å². The van der Waals surface area contributed by atoms with Crippen LogP contribution in [0.2, 0.25) is 0 Å². The molecule has 3 unspecified atom stereocenters.